The Kier molecular flexibility index (Phi) is 5.45. The zero-order valence-corrected chi connectivity index (χ0v) is 16.8. The number of nitrogens with zero attached hydrogens (tertiary/aromatic N) is 2. The molecule has 1 aliphatic heterocycles. The van der Waals surface area contributed by atoms with Crippen molar-refractivity contribution in [1.82, 2.24) is 15.3 Å². The van der Waals surface area contributed by atoms with Crippen molar-refractivity contribution < 1.29 is 27.1 Å². The summed E-state index contributed by atoms with van der Waals surface area (Å²) in [5.41, 5.74) is 7.67. The number of carbonyl (C=O) groups excluding carboxylic acids is 1. The second kappa shape index (κ2) is 8.10. The van der Waals surface area contributed by atoms with Crippen LogP contribution in [0, 0.1) is 5.82 Å². The molecular weight excluding hydrogens is 428 g/mol. The first kappa shape index (κ1) is 21.5. The zero-order chi connectivity index (χ0) is 23.0. The second-order valence-corrected chi connectivity index (χ2v) is 7.21. The van der Waals surface area contributed by atoms with E-state index >= 15 is 0 Å². The Bertz CT molecular complexity index is 1200. The number of nitrogens with two attached hydrogens (primary N) is 1. The number of aryl methyl sites for hydroxylation is 1. The zero-order valence-electron chi connectivity index (χ0n) is 16.8. The third kappa shape index (κ3) is 4.20. The molecule has 1 atom stereocenters. The number of ether oxygens (including phenoxy) is 1. The molecule has 3 N–H and O–H groups in total. The number of benzene rings is 2. The van der Waals surface area contributed by atoms with Gasteiger partial charge in [-0.3, -0.25) is 4.79 Å². The van der Waals surface area contributed by atoms with Crippen molar-refractivity contribution in [2.75, 3.05) is 5.73 Å². The van der Waals surface area contributed by atoms with Crippen LogP contribution >= 0.6 is 0 Å². The van der Waals surface area contributed by atoms with Gasteiger partial charge in [-0.25, -0.2) is 14.4 Å². The van der Waals surface area contributed by atoms with Crippen LogP contribution in [0.25, 0.3) is 11.1 Å². The largest absolute Gasteiger partial charge is 0.573 e. The van der Waals surface area contributed by atoms with E-state index < -0.39 is 29.9 Å². The van der Waals surface area contributed by atoms with Crippen molar-refractivity contribution in [2.45, 2.75) is 32.2 Å². The fraction of sp³-hybridized carbons (Fsp3) is 0.227. The number of alkyl halides is 3. The summed E-state index contributed by atoms with van der Waals surface area (Å²) in [6, 6.07) is 8.49. The molecule has 0 aliphatic carbocycles. The molecule has 1 amide bonds. The quantitative estimate of drug-likeness (QED) is 0.582. The number of anilines is 1. The first-order valence-electron chi connectivity index (χ1n) is 9.77. The molecule has 32 heavy (non-hydrogen) atoms. The molecule has 166 valence electrons. The molecule has 0 saturated carbocycles. The Morgan fingerprint density at radius 1 is 1.16 bits per heavy atom. The molecule has 0 bridgehead atoms. The van der Waals surface area contributed by atoms with E-state index in [0.29, 0.717) is 28.9 Å². The summed E-state index contributed by atoms with van der Waals surface area (Å²) in [5, 5.41) is 2.84. The summed E-state index contributed by atoms with van der Waals surface area (Å²) in [5.74, 6) is -1.53. The fourth-order valence-corrected chi connectivity index (χ4v) is 3.88. The van der Waals surface area contributed by atoms with Crippen molar-refractivity contribution in [3.05, 3.63) is 70.8 Å². The molecule has 1 aromatic heterocycles. The van der Waals surface area contributed by atoms with Crippen molar-refractivity contribution >= 4 is 11.9 Å². The van der Waals surface area contributed by atoms with Gasteiger partial charge in [0.05, 0.1) is 23.0 Å². The highest BCUT2D eigenvalue weighted by molar-refractivity contribution is 5.98. The molecule has 2 aromatic carbocycles. The Labute approximate surface area is 180 Å². The topological polar surface area (TPSA) is 90.1 Å². The minimum atomic E-state index is -4.92. The van der Waals surface area contributed by atoms with E-state index in [1.54, 1.807) is 0 Å². The van der Waals surface area contributed by atoms with E-state index in [-0.39, 0.29) is 23.5 Å². The van der Waals surface area contributed by atoms with Crippen LogP contribution in [0.1, 0.15) is 40.3 Å². The van der Waals surface area contributed by atoms with Crippen LogP contribution in [-0.4, -0.2) is 22.2 Å². The SMILES string of the molecule is CCc1nc(N)nc2c1C(=O)NC(c1ccc(F)cc1-c1ccccc1OC(F)(F)F)C2. The highest BCUT2D eigenvalue weighted by Crippen LogP contribution is 2.39. The molecule has 2 heterocycles. The van der Waals surface area contributed by atoms with Gasteiger partial charge in [0.1, 0.15) is 11.6 Å². The van der Waals surface area contributed by atoms with Gasteiger partial charge in [-0.15, -0.1) is 13.2 Å². The van der Waals surface area contributed by atoms with Crippen LogP contribution < -0.4 is 15.8 Å². The number of hydrogen-bond donors (Lipinski definition) is 2. The van der Waals surface area contributed by atoms with Crippen molar-refractivity contribution in [3.63, 3.8) is 0 Å². The van der Waals surface area contributed by atoms with Gasteiger partial charge in [-0.05, 0) is 35.7 Å². The van der Waals surface area contributed by atoms with Crippen LogP contribution in [0.3, 0.4) is 0 Å². The number of amides is 1. The maximum atomic E-state index is 14.1. The van der Waals surface area contributed by atoms with Gasteiger partial charge < -0.3 is 15.8 Å². The molecule has 3 aromatic rings. The van der Waals surface area contributed by atoms with Crippen LogP contribution in [0.4, 0.5) is 23.5 Å². The van der Waals surface area contributed by atoms with Crippen molar-refractivity contribution in [1.29, 1.82) is 0 Å². The van der Waals surface area contributed by atoms with Gasteiger partial charge in [0.25, 0.3) is 5.91 Å². The summed E-state index contributed by atoms with van der Waals surface area (Å²) >= 11 is 0. The molecular formula is C22H18F4N4O2. The van der Waals surface area contributed by atoms with Gasteiger partial charge in [0.2, 0.25) is 5.95 Å². The number of hydrogen-bond acceptors (Lipinski definition) is 5. The van der Waals surface area contributed by atoms with E-state index in [1.165, 1.54) is 30.3 Å². The van der Waals surface area contributed by atoms with E-state index in [2.05, 4.69) is 20.0 Å². The van der Waals surface area contributed by atoms with E-state index in [9.17, 15) is 22.4 Å². The number of halogens is 4. The lowest BCUT2D eigenvalue weighted by atomic mass is 9.88. The Morgan fingerprint density at radius 2 is 1.91 bits per heavy atom. The predicted molar refractivity (Wildman–Crippen MR) is 108 cm³/mol. The highest BCUT2D eigenvalue weighted by atomic mass is 19.4. The summed E-state index contributed by atoms with van der Waals surface area (Å²) in [6.45, 7) is 1.83. The van der Waals surface area contributed by atoms with E-state index in [1.807, 2.05) is 6.92 Å². The number of fused-ring (bicyclic) bond motifs is 1. The summed E-state index contributed by atoms with van der Waals surface area (Å²) < 4.78 is 57.0. The monoisotopic (exact) mass is 446 g/mol. The molecule has 6 nitrogen and oxygen atoms in total. The third-order valence-electron chi connectivity index (χ3n) is 5.13. The minimum Gasteiger partial charge on any atom is -0.405 e. The predicted octanol–water partition coefficient (Wildman–Crippen LogP) is 4.35. The molecule has 10 heteroatoms. The molecule has 0 fully saturated rings. The molecule has 0 saturated heterocycles. The lowest BCUT2D eigenvalue weighted by Crippen LogP contribution is -2.37. The Hall–Kier alpha value is -3.69. The third-order valence-corrected chi connectivity index (χ3v) is 5.13. The van der Waals surface area contributed by atoms with Crippen molar-refractivity contribution in [3.8, 4) is 16.9 Å². The van der Waals surface area contributed by atoms with E-state index in [0.717, 1.165) is 12.1 Å². The number of rotatable bonds is 4. The number of carbonyl (C=O) groups is 1. The molecule has 0 spiro atoms. The average molecular weight is 446 g/mol. The minimum absolute atomic E-state index is 0.0253. The first-order valence-corrected chi connectivity index (χ1v) is 9.77. The molecule has 1 aliphatic rings. The smallest absolute Gasteiger partial charge is 0.405 e. The normalized spacial score (nSPS) is 15.8. The number of para-hydroxylation sites is 1. The van der Waals surface area contributed by atoms with Crippen LogP contribution in [0.5, 0.6) is 5.75 Å². The Balaban J connectivity index is 1.82. The second-order valence-electron chi connectivity index (χ2n) is 7.21. The summed E-state index contributed by atoms with van der Waals surface area (Å²) in [6.07, 6.45) is -4.24. The fourth-order valence-electron chi connectivity index (χ4n) is 3.88. The summed E-state index contributed by atoms with van der Waals surface area (Å²) in [7, 11) is 0. The van der Waals surface area contributed by atoms with Crippen LogP contribution in [0.2, 0.25) is 0 Å². The number of nitrogen functional groups attached to an aromatic ring is 1. The number of aromatic nitrogens is 2. The molecule has 0 radical (unpaired) electrons. The number of nitrogens with one attached hydrogen (secondary N) is 1. The maximum Gasteiger partial charge on any atom is 0.573 e. The lowest BCUT2D eigenvalue weighted by Gasteiger charge is -2.28. The maximum absolute atomic E-state index is 14.1. The van der Waals surface area contributed by atoms with Gasteiger partial charge in [-0.2, -0.15) is 0 Å². The first-order chi connectivity index (χ1) is 15.2. The highest BCUT2D eigenvalue weighted by Gasteiger charge is 2.34. The van der Waals surface area contributed by atoms with Gasteiger partial charge in [-0.1, -0.05) is 31.2 Å². The van der Waals surface area contributed by atoms with E-state index in [4.69, 9.17) is 5.73 Å². The molecule has 1 unspecified atom stereocenters. The Morgan fingerprint density at radius 3 is 2.62 bits per heavy atom. The van der Waals surface area contributed by atoms with Crippen molar-refractivity contribution in [2.24, 2.45) is 0 Å². The molecule has 4 rings (SSSR count). The standard InChI is InChI=1S/C22H18F4N4O2/c1-2-15-19-17(30-21(27)29-15)10-16(28-20(19)31)12-8-7-11(23)9-14(12)13-5-3-4-6-18(13)32-22(24,25)26/h3-9,16H,2,10H2,1H3,(H,28,31)(H2,27,29,30). The van der Waals surface area contributed by atoms with Gasteiger partial charge in [0, 0.05) is 12.0 Å². The van der Waals surface area contributed by atoms with Gasteiger partial charge >= 0.3 is 6.36 Å². The lowest BCUT2D eigenvalue weighted by molar-refractivity contribution is -0.274. The van der Waals surface area contributed by atoms with Crippen LogP contribution in [0.15, 0.2) is 42.5 Å². The van der Waals surface area contributed by atoms with Crippen LogP contribution in [-0.2, 0) is 12.8 Å². The average Bonchev–Trinajstić information content (AvgIpc) is 2.71. The summed E-state index contributed by atoms with van der Waals surface area (Å²) in [4.78, 5) is 21.2. The van der Waals surface area contributed by atoms with Gasteiger partial charge in [0.15, 0.2) is 0 Å².